The molecule has 5 aromatic rings. The summed E-state index contributed by atoms with van der Waals surface area (Å²) in [6, 6.07) is 18.4. The highest BCUT2D eigenvalue weighted by molar-refractivity contribution is 5.94. The molecular formula is C32H34N4O. The number of aromatic nitrogens is 4. The van der Waals surface area contributed by atoms with Crippen LogP contribution in [0.15, 0.2) is 73.2 Å². The van der Waals surface area contributed by atoms with Gasteiger partial charge in [0, 0.05) is 36.1 Å². The second-order valence-corrected chi connectivity index (χ2v) is 11.8. The van der Waals surface area contributed by atoms with Gasteiger partial charge in [-0.3, -0.25) is 9.97 Å². The van der Waals surface area contributed by atoms with Crippen LogP contribution in [0, 0.1) is 0 Å². The van der Waals surface area contributed by atoms with Crippen molar-refractivity contribution in [1.82, 2.24) is 19.5 Å². The zero-order valence-corrected chi connectivity index (χ0v) is 22.7. The van der Waals surface area contributed by atoms with Gasteiger partial charge in [0.25, 0.3) is 0 Å². The third-order valence-corrected chi connectivity index (χ3v) is 6.95. The van der Waals surface area contributed by atoms with Crippen LogP contribution in [-0.4, -0.2) is 24.6 Å². The number of fused-ring (bicyclic) bond motifs is 1. The summed E-state index contributed by atoms with van der Waals surface area (Å²) in [6.45, 7) is 13.0. The number of hydrogen-bond acceptors (Lipinski definition) is 4. The van der Waals surface area contributed by atoms with Gasteiger partial charge in [0.1, 0.15) is 17.1 Å². The molecule has 0 bridgehead atoms. The molecule has 0 unspecified atom stereocenters. The summed E-state index contributed by atoms with van der Waals surface area (Å²) < 4.78 is 2.03. The van der Waals surface area contributed by atoms with Crippen molar-refractivity contribution in [3.05, 3.63) is 84.3 Å². The Kier molecular flexibility index (Phi) is 5.90. The molecule has 5 nitrogen and oxygen atoms in total. The average molecular weight is 491 g/mol. The zero-order valence-electron chi connectivity index (χ0n) is 22.7. The van der Waals surface area contributed by atoms with Crippen molar-refractivity contribution in [1.29, 1.82) is 0 Å². The molecule has 37 heavy (non-hydrogen) atoms. The van der Waals surface area contributed by atoms with Gasteiger partial charge in [-0.2, -0.15) is 0 Å². The van der Waals surface area contributed by atoms with Crippen LogP contribution in [-0.2, 0) is 17.9 Å². The maximum atomic E-state index is 11.5. The first kappa shape index (κ1) is 24.7. The molecule has 0 spiro atoms. The minimum atomic E-state index is -0.219. The summed E-state index contributed by atoms with van der Waals surface area (Å²) in [5.41, 5.74) is 8.22. The number of pyridine rings is 2. The summed E-state index contributed by atoms with van der Waals surface area (Å²) in [5.74, 6) is 1.00. The zero-order chi connectivity index (χ0) is 26.5. The van der Waals surface area contributed by atoms with Crippen molar-refractivity contribution in [2.24, 2.45) is 7.05 Å². The Morgan fingerprint density at radius 2 is 1.54 bits per heavy atom. The molecule has 5 rings (SSSR count). The van der Waals surface area contributed by atoms with Crippen LogP contribution in [0.25, 0.3) is 44.8 Å². The van der Waals surface area contributed by atoms with Crippen LogP contribution in [0.5, 0.6) is 5.75 Å². The molecule has 1 N–H and O–H groups in total. The van der Waals surface area contributed by atoms with Crippen LogP contribution >= 0.6 is 0 Å². The second-order valence-electron chi connectivity index (χ2n) is 11.8. The topological polar surface area (TPSA) is 63.8 Å². The van der Waals surface area contributed by atoms with Gasteiger partial charge in [-0.1, -0.05) is 71.9 Å². The van der Waals surface area contributed by atoms with E-state index in [4.69, 9.17) is 4.98 Å². The number of nitrogens with zero attached hydrogens (tertiary/aromatic N) is 4. The van der Waals surface area contributed by atoms with Gasteiger partial charge in [0.2, 0.25) is 0 Å². The maximum Gasteiger partial charge on any atom is 0.144 e. The van der Waals surface area contributed by atoms with E-state index >= 15 is 0 Å². The highest BCUT2D eigenvalue weighted by atomic mass is 16.3. The second kappa shape index (κ2) is 8.84. The van der Waals surface area contributed by atoms with Gasteiger partial charge in [-0.05, 0) is 46.2 Å². The van der Waals surface area contributed by atoms with E-state index in [0.717, 1.165) is 50.4 Å². The normalized spacial score (nSPS) is 12.3. The standard InChI is InChI=1S/C32H34N4O/c1-31(2,3)22-16-23(29(37)25(17-22)32(4,5)6)30-35-28-24(18-33-19-27(28)36(30)7)20-11-10-12-21(15-20)26-13-8-9-14-34-26/h8-19,37H,1-7H3. The van der Waals surface area contributed by atoms with E-state index in [9.17, 15) is 5.11 Å². The molecule has 0 saturated heterocycles. The average Bonchev–Trinajstić information content (AvgIpc) is 3.19. The molecule has 0 aliphatic carbocycles. The van der Waals surface area contributed by atoms with Crippen LogP contribution in [0.2, 0.25) is 0 Å². The Morgan fingerprint density at radius 1 is 0.784 bits per heavy atom. The summed E-state index contributed by atoms with van der Waals surface area (Å²) in [6.07, 6.45) is 5.51. The molecule has 5 heteroatoms. The lowest BCUT2D eigenvalue weighted by Crippen LogP contribution is -2.17. The van der Waals surface area contributed by atoms with E-state index < -0.39 is 0 Å². The third kappa shape index (κ3) is 4.50. The molecule has 0 saturated carbocycles. The number of imidazole rings is 1. The van der Waals surface area contributed by atoms with Gasteiger partial charge in [0.15, 0.2) is 0 Å². The van der Waals surface area contributed by atoms with E-state index in [1.54, 1.807) is 6.20 Å². The largest absolute Gasteiger partial charge is 0.507 e. The SMILES string of the molecule is Cn1c(-c2cc(C(C)(C)C)cc(C(C)(C)C)c2O)nc2c(-c3cccc(-c4ccccn4)c3)cncc21. The van der Waals surface area contributed by atoms with E-state index in [0.29, 0.717) is 0 Å². The van der Waals surface area contributed by atoms with E-state index in [2.05, 4.69) is 81.8 Å². The first-order valence-electron chi connectivity index (χ1n) is 12.7. The highest BCUT2D eigenvalue weighted by Gasteiger charge is 2.27. The van der Waals surface area contributed by atoms with E-state index in [1.807, 2.05) is 48.3 Å². The van der Waals surface area contributed by atoms with Gasteiger partial charge in [-0.25, -0.2) is 4.98 Å². The van der Waals surface area contributed by atoms with Crippen LogP contribution in [0.4, 0.5) is 0 Å². The molecule has 3 aromatic heterocycles. The summed E-state index contributed by atoms with van der Waals surface area (Å²) >= 11 is 0. The Hall–Kier alpha value is -3.99. The lowest BCUT2D eigenvalue weighted by Gasteiger charge is -2.27. The molecule has 0 atom stereocenters. The van der Waals surface area contributed by atoms with Crippen molar-refractivity contribution in [3.63, 3.8) is 0 Å². The predicted octanol–water partition coefficient (Wildman–Crippen LogP) is 7.66. The van der Waals surface area contributed by atoms with Crippen molar-refractivity contribution in [3.8, 4) is 39.5 Å². The molecule has 0 aliphatic heterocycles. The van der Waals surface area contributed by atoms with Crippen molar-refractivity contribution < 1.29 is 5.11 Å². The fourth-order valence-electron chi connectivity index (χ4n) is 4.74. The Morgan fingerprint density at radius 3 is 2.22 bits per heavy atom. The Balaban J connectivity index is 1.73. The van der Waals surface area contributed by atoms with Crippen molar-refractivity contribution in [2.45, 2.75) is 52.4 Å². The van der Waals surface area contributed by atoms with E-state index in [1.165, 1.54) is 5.56 Å². The number of phenolic OH excluding ortho intramolecular Hbond substituents is 1. The smallest absolute Gasteiger partial charge is 0.144 e. The first-order valence-corrected chi connectivity index (χ1v) is 12.7. The minimum Gasteiger partial charge on any atom is -0.507 e. The maximum absolute atomic E-state index is 11.5. The van der Waals surface area contributed by atoms with E-state index in [-0.39, 0.29) is 16.6 Å². The summed E-state index contributed by atoms with van der Waals surface area (Å²) in [7, 11) is 1.99. The number of phenols is 1. The van der Waals surface area contributed by atoms with Crippen LogP contribution in [0.1, 0.15) is 52.7 Å². The number of rotatable bonds is 3. The molecule has 0 fully saturated rings. The Labute approximate surface area is 218 Å². The molecule has 188 valence electrons. The number of benzene rings is 2. The highest BCUT2D eigenvalue weighted by Crippen LogP contribution is 2.43. The monoisotopic (exact) mass is 490 g/mol. The molecule has 3 heterocycles. The minimum absolute atomic E-state index is 0.0777. The fourth-order valence-corrected chi connectivity index (χ4v) is 4.74. The van der Waals surface area contributed by atoms with Gasteiger partial charge < -0.3 is 9.67 Å². The number of hydrogen-bond donors (Lipinski definition) is 1. The third-order valence-electron chi connectivity index (χ3n) is 6.95. The molecule has 0 radical (unpaired) electrons. The van der Waals surface area contributed by atoms with Crippen LogP contribution < -0.4 is 0 Å². The number of aryl methyl sites for hydroxylation is 1. The first-order chi connectivity index (χ1) is 17.4. The lowest BCUT2D eigenvalue weighted by atomic mass is 9.79. The molecule has 0 aliphatic rings. The summed E-state index contributed by atoms with van der Waals surface area (Å²) in [4.78, 5) is 14.2. The lowest BCUT2D eigenvalue weighted by molar-refractivity contribution is 0.446. The van der Waals surface area contributed by atoms with Gasteiger partial charge in [0.05, 0.1) is 23.0 Å². The quantitative estimate of drug-likeness (QED) is 0.282. The fraction of sp³-hybridized carbons (Fsp3) is 0.281. The molecule has 2 aromatic carbocycles. The Bertz CT molecular complexity index is 1600. The summed E-state index contributed by atoms with van der Waals surface area (Å²) in [5, 5.41) is 11.5. The molecule has 0 amide bonds. The van der Waals surface area contributed by atoms with Gasteiger partial charge in [-0.15, -0.1) is 0 Å². The van der Waals surface area contributed by atoms with Crippen molar-refractivity contribution >= 4 is 11.0 Å². The number of aromatic hydroxyl groups is 1. The van der Waals surface area contributed by atoms with Crippen LogP contribution in [0.3, 0.4) is 0 Å². The predicted molar refractivity (Wildman–Crippen MR) is 152 cm³/mol. The molecular weight excluding hydrogens is 456 g/mol. The van der Waals surface area contributed by atoms with Crippen molar-refractivity contribution in [2.75, 3.05) is 0 Å². The van der Waals surface area contributed by atoms with Gasteiger partial charge >= 0.3 is 0 Å².